The maximum absolute atomic E-state index is 11.6. The SMILES string of the molecule is CC(C)(C)OC(=O)NCC(=O)NCCc1ccc(Cl)cc1. The Kier molecular flexibility index (Phi) is 6.49. The Morgan fingerprint density at radius 3 is 2.33 bits per heavy atom. The van der Waals surface area contributed by atoms with Crippen molar-refractivity contribution in [3.63, 3.8) is 0 Å². The Bertz CT molecular complexity index is 481. The lowest BCUT2D eigenvalue weighted by Gasteiger charge is -2.19. The fourth-order valence-corrected chi connectivity index (χ4v) is 1.65. The fraction of sp³-hybridized carbons (Fsp3) is 0.467. The fourth-order valence-electron chi connectivity index (χ4n) is 1.53. The molecule has 21 heavy (non-hydrogen) atoms. The molecule has 0 fully saturated rings. The second-order valence-electron chi connectivity index (χ2n) is 5.58. The van der Waals surface area contributed by atoms with Crippen LogP contribution in [0.3, 0.4) is 0 Å². The molecule has 1 aromatic carbocycles. The van der Waals surface area contributed by atoms with E-state index in [2.05, 4.69) is 10.6 Å². The van der Waals surface area contributed by atoms with Gasteiger partial charge in [0.25, 0.3) is 0 Å². The molecule has 1 rings (SSSR count). The zero-order valence-electron chi connectivity index (χ0n) is 12.5. The monoisotopic (exact) mass is 312 g/mol. The lowest BCUT2D eigenvalue weighted by Crippen LogP contribution is -2.40. The van der Waals surface area contributed by atoms with Gasteiger partial charge in [-0.05, 0) is 44.9 Å². The average Bonchev–Trinajstić information content (AvgIpc) is 2.37. The van der Waals surface area contributed by atoms with E-state index >= 15 is 0 Å². The van der Waals surface area contributed by atoms with Crippen LogP contribution in [0.5, 0.6) is 0 Å². The van der Waals surface area contributed by atoms with Gasteiger partial charge in [0.2, 0.25) is 5.91 Å². The van der Waals surface area contributed by atoms with Crippen LogP contribution in [-0.4, -0.2) is 30.7 Å². The summed E-state index contributed by atoms with van der Waals surface area (Å²) in [7, 11) is 0. The number of carbonyl (C=O) groups is 2. The summed E-state index contributed by atoms with van der Waals surface area (Å²) in [5, 5.41) is 5.81. The number of rotatable bonds is 5. The highest BCUT2D eigenvalue weighted by Gasteiger charge is 2.16. The molecule has 116 valence electrons. The van der Waals surface area contributed by atoms with Crippen LogP contribution in [0.15, 0.2) is 24.3 Å². The van der Waals surface area contributed by atoms with Crippen molar-refractivity contribution in [3.8, 4) is 0 Å². The van der Waals surface area contributed by atoms with Crippen molar-refractivity contribution < 1.29 is 14.3 Å². The Balaban J connectivity index is 2.19. The first kappa shape index (κ1) is 17.3. The summed E-state index contributed by atoms with van der Waals surface area (Å²) >= 11 is 5.79. The third-order valence-corrected chi connectivity index (χ3v) is 2.69. The minimum Gasteiger partial charge on any atom is -0.444 e. The van der Waals surface area contributed by atoms with Crippen LogP contribution < -0.4 is 10.6 Å². The Morgan fingerprint density at radius 2 is 1.76 bits per heavy atom. The van der Waals surface area contributed by atoms with Gasteiger partial charge in [-0.15, -0.1) is 0 Å². The molecule has 0 aliphatic heterocycles. The van der Waals surface area contributed by atoms with E-state index in [-0.39, 0.29) is 12.5 Å². The Morgan fingerprint density at radius 1 is 1.14 bits per heavy atom. The van der Waals surface area contributed by atoms with E-state index in [1.54, 1.807) is 20.8 Å². The molecule has 0 saturated carbocycles. The molecule has 0 aliphatic carbocycles. The van der Waals surface area contributed by atoms with Crippen molar-refractivity contribution in [2.24, 2.45) is 0 Å². The lowest BCUT2D eigenvalue weighted by molar-refractivity contribution is -0.120. The van der Waals surface area contributed by atoms with Gasteiger partial charge in [0, 0.05) is 11.6 Å². The number of halogens is 1. The number of ether oxygens (including phenoxy) is 1. The quantitative estimate of drug-likeness (QED) is 0.878. The normalized spacial score (nSPS) is 10.9. The smallest absolute Gasteiger partial charge is 0.408 e. The van der Waals surface area contributed by atoms with Gasteiger partial charge in [0.05, 0.1) is 6.54 Å². The first-order valence-electron chi connectivity index (χ1n) is 6.74. The van der Waals surface area contributed by atoms with Gasteiger partial charge in [-0.25, -0.2) is 4.79 Å². The number of nitrogens with one attached hydrogen (secondary N) is 2. The second-order valence-corrected chi connectivity index (χ2v) is 6.02. The molecule has 5 nitrogen and oxygen atoms in total. The molecular formula is C15H21ClN2O3. The average molecular weight is 313 g/mol. The minimum atomic E-state index is -0.602. The van der Waals surface area contributed by atoms with E-state index in [9.17, 15) is 9.59 Å². The highest BCUT2D eigenvalue weighted by molar-refractivity contribution is 6.30. The molecule has 0 heterocycles. The van der Waals surface area contributed by atoms with E-state index in [1.807, 2.05) is 24.3 Å². The summed E-state index contributed by atoms with van der Waals surface area (Å²) in [5.74, 6) is -0.255. The summed E-state index contributed by atoms with van der Waals surface area (Å²) in [6.45, 7) is 5.68. The molecule has 0 unspecified atom stereocenters. The van der Waals surface area contributed by atoms with Gasteiger partial charge in [-0.2, -0.15) is 0 Å². The second kappa shape index (κ2) is 7.88. The van der Waals surface area contributed by atoms with Crippen LogP contribution in [-0.2, 0) is 16.0 Å². The zero-order valence-corrected chi connectivity index (χ0v) is 13.3. The van der Waals surface area contributed by atoms with Gasteiger partial charge >= 0.3 is 6.09 Å². The van der Waals surface area contributed by atoms with Gasteiger partial charge < -0.3 is 15.4 Å². The molecule has 0 saturated heterocycles. The number of amides is 2. The van der Waals surface area contributed by atoms with E-state index in [4.69, 9.17) is 16.3 Å². The maximum Gasteiger partial charge on any atom is 0.408 e. The largest absolute Gasteiger partial charge is 0.444 e. The van der Waals surface area contributed by atoms with Gasteiger partial charge in [0.1, 0.15) is 5.60 Å². The van der Waals surface area contributed by atoms with Gasteiger partial charge in [-0.3, -0.25) is 4.79 Å². The van der Waals surface area contributed by atoms with Crippen molar-refractivity contribution in [3.05, 3.63) is 34.9 Å². The van der Waals surface area contributed by atoms with Crippen LogP contribution in [0, 0.1) is 0 Å². The van der Waals surface area contributed by atoms with Crippen molar-refractivity contribution in [1.82, 2.24) is 10.6 Å². The van der Waals surface area contributed by atoms with Crippen LogP contribution in [0.4, 0.5) is 4.79 Å². The molecule has 1 aromatic rings. The standard InChI is InChI=1S/C15H21ClN2O3/c1-15(2,3)21-14(20)18-10-13(19)17-9-8-11-4-6-12(16)7-5-11/h4-7H,8-10H2,1-3H3,(H,17,19)(H,18,20). The topological polar surface area (TPSA) is 67.4 Å². The van der Waals surface area contributed by atoms with E-state index < -0.39 is 11.7 Å². The molecule has 6 heteroatoms. The first-order chi connectivity index (χ1) is 9.76. The molecule has 0 bridgehead atoms. The minimum absolute atomic E-state index is 0.102. The molecular weight excluding hydrogens is 292 g/mol. The highest BCUT2D eigenvalue weighted by Crippen LogP contribution is 2.09. The summed E-state index contributed by atoms with van der Waals surface area (Å²) in [6, 6.07) is 7.44. The van der Waals surface area contributed by atoms with Crippen LogP contribution in [0.2, 0.25) is 5.02 Å². The Labute approximate surface area is 130 Å². The summed E-state index contributed by atoms with van der Waals surface area (Å²) in [6.07, 6.45) is 0.102. The molecule has 2 N–H and O–H groups in total. The summed E-state index contributed by atoms with van der Waals surface area (Å²) in [5.41, 5.74) is 0.509. The maximum atomic E-state index is 11.6. The van der Waals surface area contributed by atoms with Crippen molar-refractivity contribution >= 4 is 23.6 Å². The van der Waals surface area contributed by atoms with Crippen LogP contribution in [0.1, 0.15) is 26.3 Å². The van der Waals surface area contributed by atoms with Gasteiger partial charge in [0.15, 0.2) is 0 Å². The Hall–Kier alpha value is -1.75. The summed E-state index contributed by atoms with van der Waals surface area (Å²) < 4.78 is 5.03. The van der Waals surface area contributed by atoms with Crippen molar-refractivity contribution in [1.29, 1.82) is 0 Å². The third kappa shape index (κ3) is 8.19. The third-order valence-electron chi connectivity index (χ3n) is 2.44. The number of benzene rings is 1. The predicted octanol–water partition coefficient (Wildman–Crippen LogP) is 2.52. The molecule has 0 aromatic heterocycles. The van der Waals surface area contributed by atoms with Crippen LogP contribution in [0.25, 0.3) is 0 Å². The van der Waals surface area contributed by atoms with Crippen molar-refractivity contribution in [2.45, 2.75) is 32.8 Å². The van der Waals surface area contributed by atoms with E-state index in [0.717, 1.165) is 5.56 Å². The first-order valence-corrected chi connectivity index (χ1v) is 7.12. The predicted molar refractivity (Wildman–Crippen MR) is 82.4 cm³/mol. The van der Waals surface area contributed by atoms with E-state index in [0.29, 0.717) is 18.0 Å². The number of carbonyl (C=O) groups excluding carboxylic acids is 2. The number of hydrogen-bond donors (Lipinski definition) is 2. The zero-order chi connectivity index (χ0) is 15.9. The van der Waals surface area contributed by atoms with Gasteiger partial charge in [-0.1, -0.05) is 23.7 Å². The number of hydrogen-bond acceptors (Lipinski definition) is 3. The highest BCUT2D eigenvalue weighted by atomic mass is 35.5. The lowest BCUT2D eigenvalue weighted by atomic mass is 10.1. The molecule has 0 aliphatic rings. The van der Waals surface area contributed by atoms with Crippen molar-refractivity contribution in [2.75, 3.05) is 13.1 Å². The molecule has 0 radical (unpaired) electrons. The summed E-state index contributed by atoms with van der Waals surface area (Å²) in [4.78, 5) is 22.9. The number of alkyl carbamates (subject to hydrolysis) is 1. The molecule has 0 spiro atoms. The van der Waals surface area contributed by atoms with Crippen LogP contribution >= 0.6 is 11.6 Å². The van der Waals surface area contributed by atoms with E-state index in [1.165, 1.54) is 0 Å². The molecule has 2 amide bonds. The molecule has 0 atom stereocenters.